The fraction of sp³-hybridized carbons (Fsp3) is 1.00. The molecule has 0 unspecified atom stereocenters. The van der Waals surface area contributed by atoms with E-state index in [0.717, 1.165) is 0 Å². The van der Waals surface area contributed by atoms with Crippen molar-refractivity contribution in [3.63, 3.8) is 0 Å². The van der Waals surface area contributed by atoms with E-state index in [0.29, 0.717) is 0 Å². The number of rotatable bonds is 15. The van der Waals surface area contributed by atoms with Crippen molar-refractivity contribution in [3.05, 3.63) is 0 Å². The Morgan fingerprint density at radius 2 is 0.864 bits per heavy atom. The second kappa shape index (κ2) is 12.7. The van der Waals surface area contributed by atoms with E-state index in [9.17, 15) is 0 Å². The number of hydrogen-bond acceptors (Lipinski definition) is 2. The predicted molar refractivity (Wildman–Crippen MR) is 105 cm³/mol. The average molecular weight is 347 g/mol. The van der Waals surface area contributed by atoms with Gasteiger partial charge in [0.15, 0.2) is 19.5 Å². The molecule has 2 nitrogen and oxygen atoms in total. The molecule has 0 bridgehead atoms. The third-order valence-electron chi connectivity index (χ3n) is 4.56. The van der Waals surface area contributed by atoms with E-state index in [1.807, 2.05) is 0 Å². The summed E-state index contributed by atoms with van der Waals surface area (Å²) in [6.07, 6.45) is 9.79. The van der Waals surface area contributed by atoms with Gasteiger partial charge in [0.25, 0.3) is 0 Å². The van der Waals surface area contributed by atoms with Gasteiger partial charge in [0.1, 0.15) is 0 Å². The van der Waals surface area contributed by atoms with Gasteiger partial charge in [-0.2, -0.15) is 0 Å². The van der Waals surface area contributed by atoms with E-state index < -0.39 is 0 Å². The summed E-state index contributed by atoms with van der Waals surface area (Å²) in [6, 6.07) is 2.62. The van der Waals surface area contributed by atoms with Gasteiger partial charge in [0.2, 0.25) is 0 Å². The molecule has 0 aliphatic heterocycles. The fourth-order valence-corrected chi connectivity index (χ4v) is 6.98. The first-order chi connectivity index (χ1) is 10.4. The molecule has 0 rings (SSSR count). The van der Waals surface area contributed by atoms with Crippen LogP contribution in [-0.2, 0) is 8.85 Å². The molecule has 0 atom stereocenters. The zero-order valence-electron chi connectivity index (χ0n) is 16.3. The molecular weight excluding hydrogens is 304 g/mol. The van der Waals surface area contributed by atoms with Crippen molar-refractivity contribution in [3.8, 4) is 0 Å². The third-order valence-corrected chi connectivity index (χ3v) is 8.93. The van der Waals surface area contributed by atoms with Crippen molar-refractivity contribution >= 4 is 19.5 Å². The monoisotopic (exact) mass is 346 g/mol. The maximum Gasteiger partial charge on any atom is 0.162 e. The molecule has 0 fully saturated rings. The van der Waals surface area contributed by atoms with Crippen molar-refractivity contribution in [2.45, 2.75) is 116 Å². The van der Waals surface area contributed by atoms with Gasteiger partial charge in [-0.05, 0) is 51.6 Å². The molecule has 0 aromatic carbocycles. The fourth-order valence-electron chi connectivity index (χ4n) is 3.50. The Labute approximate surface area is 145 Å². The van der Waals surface area contributed by atoms with E-state index >= 15 is 0 Å². The SMILES string of the molecule is CCCC(C)(CCC)O[SiH2]CC[SiH2]OC(C)(CCC)CCC. The number of hydrogen-bond donors (Lipinski definition) is 0. The maximum absolute atomic E-state index is 6.34. The molecule has 134 valence electrons. The van der Waals surface area contributed by atoms with Crippen LogP contribution < -0.4 is 0 Å². The standard InChI is InChI=1S/C18H42O2Si2/c1-7-11-17(5,12-8-2)19-21-15-16-22-20-18(6,13-9-3)14-10-4/h7-16,21-22H2,1-6H3. The van der Waals surface area contributed by atoms with E-state index in [1.54, 1.807) is 0 Å². The van der Waals surface area contributed by atoms with Gasteiger partial charge in [0, 0.05) is 0 Å². The Bertz CT molecular complexity index is 221. The van der Waals surface area contributed by atoms with E-state index in [1.165, 1.54) is 63.5 Å². The highest BCUT2D eigenvalue weighted by molar-refractivity contribution is 6.34. The highest BCUT2D eigenvalue weighted by Crippen LogP contribution is 2.25. The normalized spacial score (nSPS) is 13.9. The molecule has 4 heteroatoms. The van der Waals surface area contributed by atoms with Crippen molar-refractivity contribution in [1.82, 2.24) is 0 Å². The van der Waals surface area contributed by atoms with Crippen LogP contribution in [0, 0.1) is 0 Å². The van der Waals surface area contributed by atoms with Crippen molar-refractivity contribution in [1.29, 1.82) is 0 Å². The Morgan fingerprint density at radius 3 is 1.09 bits per heavy atom. The molecule has 0 saturated carbocycles. The summed E-state index contributed by atoms with van der Waals surface area (Å²) in [5.41, 5.74) is 0.328. The Kier molecular flexibility index (Phi) is 12.9. The summed E-state index contributed by atoms with van der Waals surface area (Å²) >= 11 is 0. The minimum Gasteiger partial charge on any atom is -0.419 e. The largest absolute Gasteiger partial charge is 0.419 e. The van der Waals surface area contributed by atoms with Crippen LogP contribution in [0.4, 0.5) is 0 Å². The molecule has 0 amide bonds. The second-order valence-corrected chi connectivity index (χ2v) is 10.1. The van der Waals surface area contributed by atoms with Crippen LogP contribution in [0.2, 0.25) is 12.1 Å². The Hall–Kier alpha value is 0.354. The minimum absolute atomic E-state index is 0.164. The summed E-state index contributed by atoms with van der Waals surface area (Å²) in [7, 11) is -0.732. The first kappa shape index (κ1) is 22.4. The highest BCUT2D eigenvalue weighted by Gasteiger charge is 2.23. The van der Waals surface area contributed by atoms with E-state index in [4.69, 9.17) is 8.85 Å². The lowest BCUT2D eigenvalue weighted by Gasteiger charge is -2.31. The smallest absolute Gasteiger partial charge is 0.162 e. The predicted octanol–water partition coefficient (Wildman–Crippen LogP) is 4.74. The van der Waals surface area contributed by atoms with Gasteiger partial charge in [-0.3, -0.25) is 0 Å². The van der Waals surface area contributed by atoms with Gasteiger partial charge in [-0.1, -0.05) is 53.4 Å². The molecule has 0 aliphatic carbocycles. The van der Waals surface area contributed by atoms with E-state index in [2.05, 4.69) is 41.5 Å². The molecule has 0 aliphatic rings. The van der Waals surface area contributed by atoms with Crippen LogP contribution >= 0.6 is 0 Å². The van der Waals surface area contributed by atoms with Gasteiger partial charge in [-0.15, -0.1) is 0 Å². The Balaban J connectivity index is 3.91. The quantitative estimate of drug-likeness (QED) is 0.315. The second-order valence-electron chi connectivity index (χ2n) is 7.30. The average Bonchev–Trinajstić information content (AvgIpc) is 2.44. The molecule has 0 aromatic rings. The first-order valence-corrected chi connectivity index (χ1v) is 12.9. The molecule has 0 radical (unpaired) electrons. The summed E-state index contributed by atoms with van der Waals surface area (Å²) < 4.78 is 12.7. The molecule has 0 heterocycles. The molecule has 0 saturated heterocycles. The maximum atomic E-state index is 6.34. The van der Waals surface area contributed by atoms with Gasteiger partial charge in [0.05, 0.1) is 11.2 Å². The molecule has 0 N–H and O–H groups in total. The topological polar surface area (TPSA) is 18.5 Å². The molecule has 22 heavy (non-hydrogen) atoms. The van der Waals surface area contributed by atoms with Crippen LogP contribution in [0.1, 0.15) is 92.9 Å². The highest BCUT2D eigenvalue weighted by atomic mass is 28.2. The summed E-state index contributed by atoms with van der Waals surface area (Å²) in [5, 5.41) is 0. The molecule has 0 spiro atoms. The summed E-state index contributed by atoms with van der Waals surface area (Å²) in [4.78, 5) is 0. The van der Waals surface area contributed by atoms with Crippen LogP contribution in [0.25, 0.3) is 0 Å². The van der Waals surface area contributed by atoms with Crippen LogP contribution in [0.3, 0.4) is 0 Å². The first-order valence-electron chi connectivity index (χ1n) is 9.73. The lowest BCUT2D eigenvalue weighted by Crippen LogP contribution is -2.31. The Morgan fingerprint density at radius 1 is 0.591 bits per heavy atom. The zero-order valence-corrected chi connectivity index (χ0v) is 19.1. The third kappa shape index (κ3) is 10.2. The van der Waals surface area contributed by atoms with Crippen LogP contribution in [0.15, 0.2) is 0 Å². The summed E-state index contributed by atoms with van der Waals surface area (Å²) in [6.45, 7) is 13.7. The lowest BCUT2D eigenvalue weighted by molar-refractivity contribution is 0.0696. The molecular formula is C18H42O2Si2. The van der Waals surface area contributed by atoms with Crippen molar-refractivity contribution < 1.29 is 8.85 Å². The van der Waals surface area contributed by atoms with Gasteiger partial charge < -0.3 is 8.85 Å². The van der Waals surface area contributed by atoms with Gasteiger partial charge >= 0.3 is 0 Å². The minimum atomic E-state index is -0.366. The van der Waals surface area contributed by atoms with Crippen LogP contribution in [0.5, 0.6) is 0 Å². The zero-order chi connectivity index (χ0) is 16.9. The molecule has 0 aromatic heterocycles. The van der Waals surface area contributed by atoms with Gasteiger partial charge in [-0.25, -0.2) is 0 Å². The van der Waals surface area contributed by atoms with E-state index in [-0.39, 0.29) is 30.7 Å². The van der Waals surface area contributed by atoms with Crippen molar-refractivity contribution in [2.24, 2.45) is 0 Å². The van der Waals surface area contributed by atoms with Crippen molar-refractivity contribution in [2.75, 3.05) is 0 Å². The van der Waals surface area contributed by atoms with Crippen LogP contribution in [-0.4, -0.2) is 30.7 Å². The lowest BCUT2D eigenvalue weighted by atomic mass is 9.95. The summed E-state index contributed by atoms with van der Waals surface area (Å²) in [5.74, 6) is 0.